The summed E-state index contributed by atoms with van der Waals surface area (Å²) in [6.07, 6.45) is -0.827. The van der Waals surface area contributed by atoms with Crippen LogP contribution in [0.1, 0.15) is 23.6 Å². The van der Waals surface area contributed by atoms with Gasteiger partial charge in [0, 0.05) is 50.8 Å². The van der Waals surface area contributed by atoms with Crippen molar-refractivity contribution in [2.45, 2.75) is 18.6 Å². The number of aliphatic hydroxyl groups is 1. The number of nitrogens with zero attached hydrogens (tertiary/aromatic N) is 2. The number of hydrogen-bond donors (Lipinski definition) is 2. The second kappa shape index (κ2) is 11.4. The number of hydrogen-bond acceptors (Lipinski definition) is 5. The number of aliphatic carboxylic acids is 1. The summed E-state index contributed by atoms with van der Waals surface area (Å²) in [7, 11) is 0. The minimum Gasteiger partial charge on any atom is -0.479 e. The van der Waals surface area contributed by atoms with E-state index in [1.165, 1.54) is 11.1 Å². The molecule has 1 unspecified atom stereocenters. The molecule has 7 heteroatoms. The first-order chi connectivity index (χ1) is 14.6. The van der Waals surface area contributed by atoms with Crippen molar-refractivity contribution in [3.05, 3.63) is 70.7 Å². The van der Waals surface area contributed by atoms with Crippen LogP contribution in [0.25, 0.3) is 0 Å². The number of carbonyl (C=O) groups is 1. The largest absolute Gasteiger partial charge is 0.479 e. The number of piperazine rings is 1. The lowest BCUT2D eigenvalue weighted by atomic mass is 9.96. The number of aliphatic hydroxyl groups excluding tert-OH is 1. The first kappa shape index (κ1) is 22.7. The predicted molar refractivity (Wildman–Crippen MR) is 117 cm³/mol. The Morgan fingerprint density at radius 2 is 1.63 bits per heavy atom. The molecule has 3 rings (SSSR count). The highest BCUT2D eigenvalue weighted by Gasteiger charge is 2.26. The van der Waals surface area contributed by atoms with E-state index in [2.05, 4.69) is 46.2 Å². The van der Waals surface area contributed by atoms with Crippen LogP contribution in [0.5, 0.6) is 0 Å². The highest BCUT2D eigenvalue weighted by molar-refractivity contribution is 6.30. The highest BCUT2D eigenvalue weighted by Crippen LogP contribution is 2.30. The third-order valence-corrected chi connectivity index (χ3v) is 5.72. The summed E-state index contributed by atoms with van der Waals surface area (Å²) < 4.78 is 5.44. The fourth-order valence-electron chi connectivity index (χ4n) is 3.86. The van der Waals surface area contributed by atoms with Gasteiger partial charge >= 0.3 is 5.97 Å². The molecule has 2 atom stereocenters. The maximum atomic E-state index is 11.1. The van der Waals surface area contributed by atoms with Crippen molar-refractivity contribution in [1.29, 1.82) is 0 Å². The summed E-state index contributed by atoms with van der Waals surface area (Å²) in [5, 5.41) is 18.8. The Labute approximate surface area is 182 Å². The number of benzene rings is 2. The van der Waals surface area contributed by atoms with Crippen molar-refractivity contribution >= 4 is 17.6 Å². The molecule has 30 heavy (non-hydrogen) atoms. The van der Waals surface area contributed by atoms with Crippen LogP contribution in [0.15, 0.2) is 54.6 Å². The van der Waals surface area contributed by atoms with Crippen molar-refractivity contribution in [3.8, 4) is 0 Å². The Kier molecular flexibility index (Phi) is 8.66. The molecule has 2 aromatic carbocycles. The molecule has 0 amide bonds. The van der Waals surface area contributed by atoms with Gasteiger partial charge in [0.15, 0.2) is 6.10 Å². The fraction of sp³-hybridized carbons (Fsp3) is 0.435. The van der Waals surface area contributed by atoms with Gasteiger partial charge in [-0.2, -0.15) is 0 Å². The van der Waals surface area contributed by atoms with Crippen LogP contribution >= 0.6 is 11.6 Å². The van der Waals surface area contributed by atoms with Crippen LogP contribution in [0, 0.1) is 0 Å². The van der Waals surface area contributed by atoms with Gasteiger partial charge in [-0.25, -0.2) is 4.79 Å². The van der Waals surface area contributed by atoms with Gasteiger partial charge in [-0.3, -0.25) is 9.80 Å². The van der Waals surface area contributed by atoms with E-state index in [-0.39, 0.29) is 19.1 Å². The Bertz CT molecular complexity index is 780. The molecule has 0 aliphatic carbocycles. The van der Waals surface area contributed by atoms with Crippen LogP contribution in [0.2, 0.25) is 5.02 Å². The predicted octanol–water partition coefficient (Wildman–Crippen LogP) is 2.90. The van der Waals surface area contributed by atoms with Crippen LogP contribution in [-0.2, 0) is 9.53 Å². The number of carboxylic acid groups (broad SMARTS) is 1. The molecule has 0 aromatic heterocycles. The Morgan fingerprint density at radius 3 is 2.23 bits per heavy atom. The van der Waals surface area contributed by atoms with Gasteiger partial charge in [0.2, 0.25) is 0 Å². The third-order valence-electron chi connectivity index (χ3n) is 5.47. The normalized spacial score (nSPS) is 17.5. The van der Waals surface area contributed by atoms with Gasteiger partial charge < -0.3 is 14.9 Å². The third kappa shape index (κ3) is 6.27. The highest BCUT2D eigenvalue weighted by atomic mass is 35.5. The van der Waals surface area contributed by atoms with E-state index in [0.29, 0.717) is 13.2 Å². The van der Waals surface area contributed by atoms with E-state index >= 15 is 0 Å². The van der Waals surface area contributed by atoms with Crippen molar-refractivity contribution < 1.29 is 19.7 Å². The molecule has 1 saturated heterocycles. The Balaban J connectivity index is 1.58. The van der Waals surface area contributed by atoms with E-state index in [1.54, 1.807) is 0 Å². The number of carboxylic acids is 1. The van der Waals surface area contributed by atoms with Crippen molar-refractivity contribution in [3.63, 3.8) is 0 Å². The minimum absolute atomic E-state index is 0.114. The smallest absolute Gasteiger partial charge is 0.332 e. The molecule has 2 N–H and O–H groups in total. The molecule has 1 heterocycles. The van der Waals surface area contributed by atoms with Gasteiger partial charge in [0.1, 0.15) is 0 Å². The van der Waals surface area contributed by atoms with Gasteiger partial charge in [-0.05, 0) is 23.3 Å². The number of rotatable bonds is 10. The molecule has 1 fully saturated rings. The molecule has 1 aliphatic rings. The monoisotopic (exact) mass is 432 g/mol. The Hall–Kier alpha value is -1.96. The van der Waals surface area contributed by atoms with Crippen LogP contribution in [0.3, 0.4) is 0 Å². The SMILES string of the molecule is O=C(O)[C@@H](CCO)OCCN1CCN(C(c2ccccc2)c2ccc(Cl)cc2)CC1. The van der Waals surface area contributed by atoms with Crippen molar-refractivity contribution in [2.75, 3.05) is 45.9 Å². The molecule has 162 valence electrons. The minimum atomic E-state index is -1.03. The lowest BCUT2D eigenvalue weighted by molar-refractivity contribution is -0.151. The first-order valence-corrected chi connectivity index (χ1v) is 10.7. The maximum absolute atomic E-state index is 11.1. The zero-order chi connectivity index (χ0) is 21.3. The zero-order valence-corrected chi connectivity index (χ0v) is 17.7. The molecule has 0 radical (unpaired) electrons. The Morgan fingerprint density at radius 1 is 1.00 bits per heavy atom. The molecule has 2 aromatic rings. The van der Waals surface area contributed by atoms with E-state index in [9.17, 15) is 4.79 Å². The van der Waals surface area contributed by atoms with E-state index in [4.69, 9.17) is 26.6 Å². The maximum Gasteiger partial charge on any atom is 0.332 e. The lowest BCUT2D eigenvalue weighted by Crippen LogP contribution is -2.48. The molecular weight excluding hydrogens is 404 g/mol. The summed E-state index contributed by atoms with van der Waals surface area (Å²) in [5.74, 6) is -1.03. The molecule has 6 nitrogen and oxygen atoms in total. The standard InChI is InChI=1S/C23H29ClN2O4/c24-20-8-6-19(7-9-20)22(18-4-2-1-3-5-18)26-13-11-25(12-14-26)15-17-30-21(10-16-27)23(28)29/h1-9,21-22,27H,10-17H2,(H,28,29)/t21-,22?/m1/s1. The van der Waals surface area contributed by atoms with Gasteiger partial charge in [0.05, 0.1) is 12.6 Å². The fourth-order valence-corrected chi connectivity index (χ4v) is 3.99. The second-order valence-corrected chi connectivity index (χ2v) is 7.89. The number of halogens is 1. The van der Waals surface area contributed by atoms with E-state index in [1.807, 2.05) is 18.2 Å². The lowest BCUT2D eigenvalue weighted by Gasteiger charge is -2.39. The van der Waals surface area contributed by atoms with Gasteiger partial charge in [-0.15, -0.1) is 0 Å². The summed E-state index contributed by atoms with van der Waals surface area (Å²) in [4.78, 5) is 15.9. The first-order valence-electron chi connectivity index (χ1n) is 10.3. The summed E-state index contributed by atoms with van der Waals surface area (Å²) >= 11 is 6.09. The molecule has 0 saturated carbocycles. The summed E-state index contributed by atoms with van der Waals surface area (Å²) in [5.41, 5.74) is 2.47. The zero-order valence-electron chi connectivity index (χ0n) is 17.0. The molecule has 0 bridgehead atoms. The van der Waals surface area contributed by atoms with Crippen molar-refractivity contribution in [2.24, 2.45) is 0 Å². The van der Waals surface area contributed by atoms with Crippen molar-refractivity contribution in [1.82, 2.24) is 9.80 Å². The summed E-state index contributed by atoms with van der Waals surface area (Å²) in [6, 6.07) is 18.7. The molecular formula is C23H29ClN2O4. The van der Waals surface area contributed by atoms with Crippen LogP contribution in [-0.4, -0.2) is 78.0 Å². The van der Waals surface area contributed by atoms with Crippen LogP contribution < -0.4 is 0 Å². The molecule has 0 spiro atoms. The van der Waals surface area contributed by atoms with Crippen LogP contribution in [0.4, 0.5) is 0 Å². The average Bonchev–Trinajstić information content (AvgIpc) is 2.76. The molecule has 1 aliphatic heterocycles. The topological polar surface area (TPSA) is 73.2 Å². The summed E-state index contributed by atoms with van der Waals surface area (Å²) in [6.45, 7) is 4.41. The van der Waals surface area contributed by atoms with E-state index < -0.39 is 12.1 Å². The van der Waals surface area contributed by atoms with E-state index in [0.717, 1.165) is 31.2 Å². The second-order valence-electron chi connectivity index (χ2n) is 7.45. The quantitative estimate of drug-likeness (QED) is 0.601. The number of ether oxygens (including phenoxy) is 1. The average molecular weight is 433 g/mol. The van der Waals surface area contributed by atoms with Gasteiger partial charge in [-0.1, -0.05) is 54.1 Å². The van der Waals surface area contributed by atoms with Gasteiger partial charge in [0.25, 0.3) is 0 Å².